The van der Waals surface area contributed by atoms with E-state index in [4.69, 9.17) is 23.2 Å². The van der Waals surface area contributed by atoms with Crippen molar-refractivity contribution in [2.45, 2.75) is 56.4 Å². The zero-order valence-corrected chi connectivity index (χ0v) is 15.0. The molecule has 1 aromatic rings. The summed E-state index contributed by atoms with van der Waals surface area (Å²) in [5.74, 6) is 1.50. The van der Waals surface area contributed by atoms with E-state index in [1.54, 1.807) is 0 Å². The number of benzene rings is 1. The van der Waals surface area contributed by atoms with Crippen LogP contribution in [0.5, 0.6) is 0 Å². The summed E-state index contributed by atoms with van der Waals surface area (Å²) in [5, 5.41) is 3.97. The molecule has 0 radical (unpaired) electrons. The first-order valence-corrected chi connectivity index (χ1v) is 9.38. The lowest BCUT2D eigenvalue weighted by Crippen LogP contribution is -2.58. The van der Waals surface area contributed by atoms with E-state index in [1.807, 2.05) is 31.2 Å². The first kappa shape index (κ1) is 15.8. The van der Waals surface area contributed by atoms with Gasteiger partial charge in [-0.3, -0.25) is 4.79 Å². The fourth-order valence-electron chi connectivity index (χ4n) is 5.60. The molecule has 0 heterocycles. The second-order valence-corrected chi connectivity index (χ2v) is 9.38. The third kappa shape index (κ3) is 2.78. The third-order valence-electron chi connectivity index (χ3n) is 6.19. The number of alkyl halides is 1. The topological polar surface area (TPSA) is 29.1 Å². The first-order valence-electron chi connectivity index (χ1n) is 8.63. The molecule has 4 aliphatic rings. The molecule has 0 spiro atoms. The largest absolute Gasteiger partial charge is 0.349 e. The molecule has 1 aromatic carbocycles. The van der Waals surface area contributed by atoms with Crippen molar-refractivity contribution in [2.24, 2.45) is 17.3 Å². The Morgan fingerprint density at radius 2 is 1.78 bits per heavy atom. The molecule has 4 fully saturated rings. The third-order valence-corrected chi connectivity index (χ3v) is 6.88. The lowest BCUT2D eigenvalue weighted by Gasteiger charge is -2.59. The summed E-state index contributed by atoms with van der Waals surface area (Å²) in [6.07, 6.45) is 6.39. The molecule has 5 atom stereocenters. The summed E-state index contributed by atoms with van der Waals surface area (Å²) in [7, 11) is 0. The van der Waals surface area contributed by atoms with Gasteiger partial charge >= 0.3 is 0 Å². The molecule has 0 saturated heterocycles. The van der Waals surface area contributed by atoms with E-state index in [9.17, 15) is 4.79 Å². The van der Waals surface area contributed by atoms with Gasteiger partial charge in [-0.25, -0.2) is 0 Å². The highest BCUT2D eigenvalue weighted by Gasteiger charge is 2.60. The van der Waals surface area contributed by atoms with Gasteiger partial charge in [0.15, 0.2) is 0 Å². The molecule has 4 bridgehead atoms. The van der Waals surface area contributed by atoms with Gasteiger partial charge in [0, 0.05) is 9.90 Å². The number of carbonyl (C=O) groups is 1. The Labute approximate surface area is 147 Å². The van der Waals surface area contributed by atoms with Crippen molar-refractivity contribution in [3.05, 3.63) is 34.9 Å². The molecule has 1 N–H and O–H groups in total. The summed E-state index contributed by atoms with van der Waals surface area (Å²) in [6.45, 7) is 2.04. The minimum atomic E-state index is -0.230. The average Bonchev–Trinajstić information content (AvgIpc) is 2.45. The van der Waals surface area contributed by atoms with Crippen LogP contribution in [-0.2, 0) is 4.79 Å². The lowest BCUT2D eigenvalue weighted by molar-refractivity contribution is -0.145. The Kier molecular flexibility index (Phi) is 3.70. The summed E-state index contributed by atoms with van der Waals surface area (Å²) < 4.78 is 0. The van der Waals surface area contributed by atoms with Gasteiger partial charge in [-0.2, -0.15) is 0 Å². The van der Waals surface area contributed by atoms with Crippen LogP contribution < -0.4 is 5.32 Å². The van der Waals surface area contributed by atoms with Crippen molar-refractivity contribution in [1.29, 1.82) is 0 Å². The van der Waals surface area contributed by atoms with Gasteiger partial charge in [0.05, 0.1) is 11.5 Å². The van der Waals surface area contributed by atoms with Crippen LogP contribution in [0.15, 0.2) is 24.3 Å². The predicted molar refractivity (Wildman–Crippen MR) is 93.7 cm³/mol. The van der Waals surface area contributed by atoms with E-state index in [-0.39, 0.29) is 22.2 Å². The highest BCUT2D eigenvalue weighted by molar-refractivity contribution is 6.30. The van der Waals surface area contributed by atoms with Crippen molar-refractivity contribution >= 4 is 29.1 Å². The van der Waals surface area contributed by atoms with Crippen molar-refractivity contribution in [2.75, 3.05) is 0 Å². The Hall–Kier alpha value is -0.730. The smallest absolute Gasteiger partial charge is 0.226 e. The number of amides is 1. The molecule has 0 aromatic heterocycles. The molecule has 23 heavy (non-hydrogen) atoms. The van der Waals surface area contributed by atoms with Gasteiger partial charge in [-0.05, 0) is 75.0 Å². The van der Waals surface area contributed by atoms with Gasteiger partial charge in [0.25, 0.3) is 0 Å². The maximum absolute atomic E-state index is 13.1. The highest BCUT2D eigenvalue weighted by Crippen LogP contribution is 2.63. The summed E-state index contributed by atoms with van der Waals surface area (Å²) in [4.78, 5) is 13.0. The minimum Gasteiger partial charge on any atom is -0.349 e. The van der Waals surface area contributed by atoms with Gasteiger partial charge in [-0.1, -0.05) is 23.7 Å². The normalized spacial score (nSPS) is 39.3. The number of halogens is 2. The molecule has 2 nitrogen and oxygen atoms in total. The standard InChI is InChI=1S/C19H23Cl2NO/c1-12(15-2-4-16(20)5-3-15)22-17(23)18-7-13-6-14(8-18)10-19(21,9-13)11-18/h2-5,12-14H,6-11H2,1H3,(H,22,23)/t12-,13-,14+,18?,19?/m0/s1. The number of carbonyl (C=O) groups excluding carboxylic acids is 1. The first-order chi connectivity index (χ1) is 10.9. The van der Waals surface area contributed by atoms with E-state index in [2.05, 4.69) is 5.32 Å². The van der Waals surface area contributed by atoms with Gasteiger partial charge in [0.1, 0.15) is 0 Å². The molecule has 2 unspecified atom stereocenters. The zero-order chi connectivity index (χ0) is 16.2. The van der Waals surface area contributed by atoms with Crippen LogP contribution >= 0.6 is 23.2 Å². The number of hydrogen-bond acceptors (Lipinski definition) is 1. The fourth-order valence-corrected chi connectivity index (χ4v) is 6.42. The molecular formula is C19H23Cl2NO. The summed E-state index contributed by atoms with van der Waals surface area (Å²) in [6, 6.07) is 7.71. The molecule has 124 valence electrons. The van der Waals surface area contributed by atoms with E-state index >= 15 is 0 Å². The second-order valence-electron chi connectivity index (χ2n) is 8.14. The van der Waals surface area contributed by atoms with Crippen LogP contribution in [0.3, 0.4) is 0 Å². The van der Waals surface area contributed by atoms with Crippen molar-refractivity contribution in [1.82, 2.24) is 5.32 Å². The molecule has 0 aliphatic heterocycles. The van der Waals surface area contributed by atoms with E-state index in [1.165, 1.54) is 6.42 Å². The van der Waals surface area contributed by atoms with Crippen LogP contribution in [0, 0.1) is 17.3 Å². The maximum atomic E-state index is 13.1. The number of rotatable bonds is 3. The van der Waals surface area contributed by atoms with Crippen LogP contribution in [0.1, 0.15) is 57.1 Å². The van der Waals surface area contributed by atoms with Crippen molar-refractivity contribution in [3.63, 3.8) is 0 Å². The second kappa shape index (κ2) is 5.39. The zero-order valence-electron chi connectivity index (χ0n) is 13.4. The Morgan fingerprint density at radius 1 is 1.17 bits per heavy atom. The molecular weight excluding hydrogens is 329 g/mol. The van der Waals surface area contributed by atoms with Gasteiger partial charge in [-0.15, -0.1) is 11.6 Å². The maximum Gasteiger partial charge on any atom is 0.226 e. The predicted octanol–water partition coefficient (Wildman–Crippen LogP) is 5.10. The number of nitrogens with one attached hydrogen (secondary N) is 1. The Balaban J connectivity index is 1.51. The number of hydrogen-bond donors (Lipinski definition) is 1. The highest BCUT2D eigenvalue weighted by atomic mass is 35.5. The molecule has 4 saturated carbocycles. The summed E-state index contributed by atoms with van der Waals surface area (Å²) >= 11 is 12.8. The van der Waals surface area contributed by atoms with Gasteiger partial charge in [0.2, 0.25) is 5.91 Å². The Bertz CT molecular complexity index is 613. The van der Waals surface area contributed by atoms with Crippen molar-refractivity contribution in [3.8, 4) is 0 Å². The Morgan fingerprint density at radius 3 is 2.35 bits per heavy atom. The monoisotopic (exact) mass is 351 g/mol. The van der Waals surface area contributed by atoms with E-state index < -0.39 is 0 Å². The lowest BCUT2D eigenvalue weighted by atomic mass is 9.49. The van der Waals surface area contributed by atoms with Crippen LogP contribution in [0.4, 0.5) is 0 Å². The molecule has 1 amide bonds. The molecule has 4 heteroatoms. The van der Waals surface area contributed by atoms with Gasteiger partial charge < -0.3 is 5.32 Å². The van der Waals surface area contributed by atoms with E-state index in [0.717, 1.165) is 42.7 Å². The van der Waals surface area contributed by atoms with Crippen LogP contribution in [-0.4, -0.2) is 10.8 Å². The van der Waals surface area contributed by atoms with E-state index in [0.29, 0.717) is 11.8 Å². The van der Waals surface area contributed by atoms with Crippen LogP contribution in [0.25, 0.3) is 0 Å². The van der Waals surface area contributed by atoms with Crippen molar-refractivity contribution < 1.29 is 4.79 Å². The summed E-state index contributed by atoms with van der Waals surface area (Å²) in [5.41, 5.74) is 0.861. The SMILES string of the molecule is C[C@H](NC(=O)C12C[C@@H]3C[C@@H](CC(Cl)(C3)C1)C2)c1ccc(Cl)cc1. The fraction of sp³-hybridized carbons (Fsp3) is 0.632. The minimum absolute atomic E-state index is 0.000883. The molecule has 4 aliphatic carbocycles. The van der Waals surface area contributed by atoms with Crippen LogP contribution in [0.2, 0.25) is 5.02 Å². The average molecular weight is 352 g/mol. The molecule has 5 rings (SSSR count). The quantitative estimate of drug-likeness (QED) is 0.754.